The van der Waals surface area contributed by atoms with Crippen LogP contribution < -0.4 is 0 Å². The first-order valence-corrected chi connectivity index (χ1v) is 11.2. The Morgan fingerprint density at radius 2 is 1.61 bits per heavy atom. The van der Waals surface area contributed by atoms with E-state index in [0.717, 1.165) is 15.4 Å². The molecule has 0 aliphatic carbocycles. The summed E-state index contributed by atoms with van der Waals surface area (Å²) in [5.41, 5.74) is 1.66. The maximum Gasteiger partial charge on any atom is 0.256 e. The standard InChI is InChI=1S/C20H20BrN3O3S/c1-22-14-18(17-4-2-3-5-19(17)22)20(25)23-10-12-24(13-11-23)28(26,27)16-8-6-15(21)7-9-16/h2-9,14H,10-13H2,1H3. The Labute approximate surface area is 172 Å². The van der Waals surface area contributed by atoms with Crippen molar-refractivity contribution in [2.24, 2.45) is 7.05 Å². The normalized spacial score (nSPS) is 15.9. The molecule has 4 rings (SSSR count). The van der Waals surface area contributed by atoms with Gasteiger partial charge in [-0.25, -0.2) is 8.42 Å². The van der Waals surface area contributed by atoms with Gasteiger partial charge in [0.25, 0.3) is 5.91 Å². The third-order valence-corrected chi connectivity index (χ3v) is 7.55. The van der Waals surface area contributed by atoms with Crippen LogP contribution in [0.15, 0.2) is 64.1 Å². The van der Waals surface area contributed by atoms with Gasteiger partial charge >= 0.3 is 0 Å². The number of halogens is 1. The molecule has 1 amide bonds. The predicted octanol–water partition coefficient (Wildman–Crippen LogP) is 3.09. The number of hydrogen-bond donors (Lipinski definition) is 0. The number of hydrogen-bond acceptors (Lipinski definition) is 3. The number of carbonyl (C=O) groups excluding carboxylic acids is 1. The Balaban J connectivity index is 1.51. The van der Waals surface area contributed by atoms with Gasteiger partial charge in [-0.1, -0.05) is 34.1 Å². The highest BCUT2D eigenvalue weighted by Gasteiger charge is 2.31. The van der Waals surface area contributed by atoms with Gasteiger partial charge in [0.1, 0.15) is 0 Å². The Morgan fingerprint density at radius 3 is 2.29 bits per heavy atom. The number of carbonyl (C=O) groups is 1. The number of piperazine rings is 1. The molecule has 1 fully saturated rings. The summed E-state index contributed by atoms with van der Waals surface area (Å²) in [6.45, 7) is 1.32. The fraction of sp³-hybridized carbons (Fsp3) is 0.250. The number of fused-ring (bicyclic) bond motifs is 1. The minimum Gasteiger partial charge on any atom is -0.350 e. The summed E-state index contributed by atoms with van der Waals surface area (Å²) in [5.74, 6) is -0.0579. The lowest BCUT2D eigenvalue weighted by Gasteiger charge is -2.34. The fourth-order valence-corrected chi connectivity index (χ4v) is 5.26. The molecule has 0 atom stereocenters. The molecule has 0 spiro atoms. The molecule has 1 aromatic heterocycles. The molecule has 8 heteroatoms. The third-order valence-electron chi connectivity index (χ3n) is 5.10. The molecule has 2 heterocycles. The van der Waals surface area contributed by atoms with Crippen molar-refractivity contribution in [1.29, 1.82) is 0 Å². The van der Waals surface area contributed by atoms with Gasteiger partial charge < -0.3 is 9.47 Å². The van der Waals surface area contributed by atoms with Crippen molar-refractivity contribution in [3.63, 3.8) is 0 Å². The van der Waals surface area contributed by atoms with Crippen LogP contribution in [0.1, 0.15) is 10.4 Å². The number of rotatable bonds is 3. The van der Waals surface area contributed by atoms with Gasteiger partial charge in [-0.15, -0.1) is 0 Å². The molecule has 146 valence electrons. The second kappa shape index (κ2) is 7.35. The van der Waals surface area contributed by atoms with Gasteiger partial charge in [-0.3, -0.25) is 4.79 Å². The average Bonchev–Trinajstić information content (AvgIpc) is 3.05. The van der Waals surface area contributed by atoms with E-state index in [0.29, 0.717) is 18.7 Å². The molecule has 1 aliphatic heterocycles. The minimum atomic E-state index is -3.55. The van der Waals surface area contributed by atoms with Crippen molar-refractivity contribution < 1.29 is 13.2 Å². The van der Waals surface area contributed by atoms with E-state index in [9.17, 15) is 13.2 Å². The summed E-state index contributed by atoms with van der Waals surface area (Å²) in [6, 6.07) is 14.4. The molecule has 0 N–H and O–H groups in total. The van der Waals surface area contributed by atoms with E-state index in [1.165, 1.54) is 4.31 Å². The number of nitrogens with zero attached hydrogens (tertiary/aromatic N) is 3. The van der Waals surface area contributed by atoms with Crippen LogP contribution in [-0.4, -0.2) is 54.3 Å². The van der Waals surface area contributed by atoms with Crippen LogP contribution in [0.3, 0.4) is 0 Å². The maximum atomic E-state index is 13.0. The molecule has 0 saturated carbocycles. The summed E-state index contributed by atoms with van der Waals surface area (Å²) >= 11 is 3.32. The first-order chi connectivity index (χ1) is 13.4. The highest BCUT2D eigenvalue weighted by atomic mass is 79.9. The smallest absolute Gasteiger partial charge is 0.256 e. The zero-order chi connectivity index (χ0) is 19.9. The van der Waals surface area contributed by atoms with Crippen LogP contribution in [0.25, 0.3) is 10.9 Å². The van der Waals surface area contributed by atoms with E-state index < -0.39 is 10.0 Å². The second-order valence-electron chi connectivity index (χ2n) is 6.82. The molecule has 6 nitrogen and oxygen atoms in total. The van der Waals surface area contributed by atoms with Gasteiger partial charge in [-0.05, 0) is 30.3 Å². The van der Waals surface area contributed by atoms with Crippen molar-refractivity contribution >= 4 is 42.8 Å². The lowest BCUT2D eigenvalue weighted by molar-refractivity contribution is 0.0699. The number of sulfonamides is 1. The van der Waals surface area contributed by atoms with E-state index in [2.05, 4.69) is 15.9 Å². The number of para-hydroxylation sites is 1. The summed E-state index contributed by atoms with van der Waals surface area (Å²) in [7, 11) is -1.63. The highest BCUT2D eigenvalue weighted by molar-refractivity contribution is 9.10. The van der Waals surface area contributed by atoms with Crippen LogP contribution in [0, 0.1) is 0 Å². The highest BCUT2D eigenvalue weighted by Crippen LogP contribution is 2.24. The predicted molar refractivity (Wildman–Crippen MR) is 112 cm³/mol. The zero-order valence-corrected chi connectivity index (χ0v) is 17.8. The van der Waals surface area contributed by atoms with E-state index in [1.54, 1.807) is 29.2 Å². The first-order valence-electron chi connectivity index (χ1n) is 8.97. The van der Waals surface area contributed by atoms with E-state index in [4.69, 9.17) is 0 Å². The zero-order valence-electron chi connectivity index (χ0n) is 15.4. The lowest BCUT2D eigenvalue weighted by Crippen LogP contribution is -2.50. The third kappa shape index (κ3) is 3.36. The molecule has 3 aromatic rings. The van der Waals surface area contributed by atoms with Crippen molar-refractivity contribution in [2.75, 3.05) is 26.2 Å². The maximum absolute atomic E-state index is 13.0. The molecule has 1 aliphatic rings. The number of aryl methyl sites for hydroxylation is 1. The van der Waals surface area contributed by atoms with Crippen LogP contribution >= 0.6 is 15.9 Å². The molecular formula is C20H20BrN3O3S. The summed E-state index contributed by atoms with van der Waals surface area (Å²) < 4.78 is 29.9. The fourth-order valence-electron chi connectivity index (χ4n) is 3.57. The van der Waals surface area contributed by atoms with Crippen LogP contribution in [0.5, 0.6) is 0 Å². The molecule has 1 saturated heterocycles. The molecule has 0 radical (unpaired) electrons. The lowest BCUT2D eigenvalue weighted by atomic mass is 10.1. The van der Waals surface area contributed by atoms with Gasteiger partial charge in [0.15, 0.2) is 0 Å². The van der Waals surface area contributed by atoms with Crippen molar-refractivity contribution in [3.8, 4) is 0 Å². The molecular weight excluding hydrogens is 442 g/mol. The van der Waals surface area contributed by atoms with Crippen LogP contribution in [-0.2, 0) is 17.1 Å². The van der Waals surface area contributed by atoms with Gasteiger partial charge in [0, 0.05) is 54.8 Å². The van der Waals surface area contributed by atoms with Crippen molar-refractivity contribution in [1.82, 2.24) is 13.8 Å². The Bertz CT molecular complexity index is 1130. The van der Waals surface area contributed by atoms with Crippen molar-refractivity contribution in [2.45, 2.75) is 4.90 Å². The van der Waals surface area contributed by atoms with Crippen LogP contribution in [0.2, 0.25) is 0 Å². The SMILES string of the molecule is Cn1cc(C(=O)N2CCN(S(=O)(=O)c3ccc(Br)cc3)CC2)c2ccccc21. The van der Waals surface area contributed by atoms with Gasteiger partial charge in [0.2, 0.25) is 10.0 Å². The van der Waals surface area contributed by atoms with Crippen LogP contribution in [0.4, 0.5) is 0 Å². The summed E-state index contributed by atoms with van der Waals surface area (Å²) in [5, 5.41) is 0.917. The summed E-state index contributed by atoms with van der Waals surface area (Å²) in [6.07, 6.45) is 1.85. The Morgan fingerprint density at radius 1 is 0.964 bits per heavy atom. The monoisotopic (exact) mass is 461 g/mol. The van der Waals surface area contributed by atoms with Gasteiger partial charge in [-0.2, -0.15) is 4.31 Å². The van der Waals surface area contributed by atoms with Gasteiger partial charge in [0.05, 0.1) is 10.5 Å². The molecule has 28 heavy (non-hydrogen) atoms. The second-order valence-corrected chi connectivity index (χ2v) is 9.67. The largest absolute Gasteiger partial charge is 0.350 e. The Hall–Kier alpha value is -2.16. The molecule has 0 bridgehead atoms. The van der Waals surface area contributed by atoms with E-state index in [-0.39, 0.29) is 23.9 Å². The minimum absolute atomic E-state index is 0.0579. The number of aromatic nitrogens is 1. The molecule has 0 unspecified atom stereocenters. The number of benzene rings is 2. The van der Waals surface area contributed by atoms with E-state index in [1.807, 2.05) is 42.1 Å². The molecule has 2 aromatic carbocycles. The average molecular weight is 462 g/mol. The van der Waals surface area contributed by atoms with Crippen molar-refractivity contribution in [3.05, 3.63) is 64.8 Å². The Kier molecular flexibility index (Phi) is 5.03. The topological polar surface area (TPSA) is 62.6 Å². The van der Waals surface area contributed by atoms with E-state index >= 15 is 0 Å². The number of amides is 1. The quantitative estimate of drug-likeness (QED) is 0.601. The summed E-state index contributed by atoms with van der Waals surface area (Å²) in [4.78, 5) is 15.0. The first kappa shape index (κ1) is 19.2.